The number of aromatic hydroxyl groups is 1. The number of carboxylic acid groups (broad SMARTS) is 1. The zero-order chi connectivity index (χ0) is 28.4. The van der Waals surface area contributed by atoms with Gasteiger partial charge in [-0.25, -0.2) is 0 Å². The number of aliphatic carboxylic acids is 1. The topological polar surface area (TPSA) is 213 Å². The molecule has 2 unspecified atom stereocenters. The summed E-state index contributed by atoms with van der Waals surface area (Å²) in [5, 5.41) is 42.9. The molecule has 4 rings (SSSR count). The molecular weight excluding hydrogens is 500 g/mol. The number of likely N-dealkylation sites (N-methyl/N-ethyl adjacent to an activating group) is 1. The Kier molecular flexibility index (Phi) is 6.63. The summed E-state index contributed by atoms with van der Waals surface area (Å²) in [5.41, 5.74) is 2.36. The van der Waals surface area contributed by atoms with Crippen LogP contribution in [0.25, 0.3) is 6.08 Å². The molecule has 0 aromatic heterocycles. The van der Waals surface area contributed by atoms with Gasteiger partial charge in [-0.05, 0) is 25.6 Å². The van der Waals surface area contributed by atoms with Gasteiger partial charge in [-0.1, -0.05) is 31.2 Å². The van der Waals surface area contributed by atoms with Gasteiger partial charge in [0.2, 0.25) is 5.91 Å². The molecule has 12 heteroatoms. The Bertz CT molecular complexity index is 1320. The van der Waals surface area contributed by atoms with Crippen molar-refractivity contribution in [1.29, 1.82) is 0 Å². The van der Waals surface area contributed by atoms with Crippen molar-refractivity contribution in [2.24, 2.45) is 29.4 Å². The number of ketones is 4. The molecule has 38 heavy (non-hydrogen) atoms. The molecule has 12 nitrogen and oxygen atoms in total. The third-order valence-corrected chi connectivity index (χ3v) is 8.11. The number of primary amides is 1. The molecule has 202 valence electrons. The van der Waals surface area contributed by atoms with Crippen molar-refractivity contribution < 1.29 is 49.2 Å². The van der Waals surface area contributed by atoms with Crippen molar-refractivity contribution in [2.45, 2.75) is 37.0 Å². The third kappa shape index (κ3) is 3.62. The zero-order valence-electron chi connectivity index (χ0n) is 20.8. The van der Waals surface area contributed by atoms with Gasteiger partial charge in [0, 0.05) is 11.5 Å². The molecule has 3 aliphatic rings. The molecule has 8 atom stereocenters. The van der Waals surface area contributed by atoms with Crippen molar-refractivity contribution >= 4 is 41.1 Å². The van der Waals surface area contributed by atoms with E-state index in [1.165, 1.54) is 43.3 Å². The van der Waals surface area contributed by atoms with E-state index in [9.17, 15) is 44.1 Å². The summed E-state index contributed by atoms with van der Waals surface area (Å²) in [6, 6.07) is 1.53. The number of nitrogens with two attached hydrogens (primary N) is 1. The molecule has 6 N–H and O–H groups in total. The smallest absolute Gasteiger partial charge is 0.307 e. The van der Waals surface area contributed by atoms with Gasteiger partial charge in [-0.2, -0.15) is 0 Å². The molecule has 1 aromatic carbocycles. The van der Waals surface area contributed by atoms with Crippen LogP contribution in [-0.2, 0) is 24.0 Å². The number of rotatable bonds is 5. The van der Waals surface area contributed by atoms with E-state index in [4.69, 9.17) is 10.8 Å². The first kappa shape index (κ1) is 27.3. The Balaban J connectivity index is 1.89. The molecule has 0 aliphatic heterocycles. The summed E-state index contributed by atoms with van der Waals surface area (Å²) < 4.78 is 0. The summed E-state index contributed by atoms with van der Waals surface area (Å²) in [5.74, 6) is -15.2. The Hall–Kier alpha value is -3.74. The Morgan fingerprint density at radius 2 is 1.76 bits per heavy atom. The first-order chi connectivity index (χ1) is 17.7. The number of benzene rings is 1. The first-order valence-corrected chi connectivity index (χ1v) is 11.9. The Labute approximate surface area is 216 Å². The van der Waals surface area contributed by atoms with E-state index in [-0.39, 0.29) is 17.5 Å². The van der Waals surface area contributed by atoms with E-state index in [1.807, 2.05) is 0 Å². The zero-order valence-corrected chi connectivity index (χ0v) is 20.8. The van der Waals surface area contributed by atoms with Crippen molar-refractivity contribution in [3.8, 4) is 5.75 Å². The van der Waals surface area contributed by atoms with Gasteiger partial charge in [0.25, 0.3) is 0 Å². The minimum absolute atomic E-state index is 0.102. The predicted octanol–water partition coefficient (Wildman–Crippen LogP) is -1.11. The van der Waals surface area contributed by atoms with E-state index in [2.05, 4.69) is 0 Å². The summed E-state index contributed by atoms with van der Waals surface area (Å²) >= 11 is 0. The first-order valence-electron chi connectivity index (χ1n) is 11.9. The van der Waals surface area contributed by atoms with Crippen LogP contribution in [0.15, 0.2) is 18.2 Å². The lowest BCUT2D eigenvalue weighted by Gasteiger charge is -2.56. The molecule has 0 radical (unpaired) electrons. The predicted molar refractivity (Wildman–Crippen MR) is 129 cm³/mol. The van der Waals surface area contributed by atoms with Crippen LogP contribution in [-0.4, -0.2) is 92.2 Å². The van der Waals surface area contributed by atoms with Crippen LogP contribution in [0.5, 0.6) is 5.75 Å². The monoisotopic (exact) mass is 528 g/mol. The highest BCUT2D eigenvalue weighted by Gasteiger charge is 2.72. The number of phenols is 1. The maximum atomic E-state index is 13.9. The fourth-order valence-electron chi connectivity index (χ4n) is 6.43. The number of aliphatic hydroxyl groups excluding tert-OH is 1. The van der Waals surface area contributed by atoms with Gasteiger partial charge >= 0.3 is 5.97 Å². The van der Waals surface area contributed by atoms with Crippen LogP contribution >= 0.6 is 0 Å². The van der Waals surface area contributed by atoms with Crippen molar-refractivity contribution in [1.82, 2.24) is 4.90 Å². The van der Waals surface area contributed by atoms with Gasteiger partial charge < -0.3 is 26.2 Å². The maximum Gasteiger partial charge on any atom is 0.307 e. The fourth-order valence-corrected chi connectivity index (χ4v) is 6.43. The number of Topliss-reactive ketones (excluding diaryl/α,β-unsaturated/α-hetero) is 4. The molecule has 1 amide bonds. The summed E-state index contributed by atoms with van der Waals surface area (Å²) in [6.07, 6.45) is 0.500. The average molecular weight is 529 g/mol. The molecule has 3 aliphatic carbocycles. The van der Waals surface area contributed by atoms with Crippen molar-refractivity contribution in [3.05, 3.63) is 34.9 Å². The van der Waals surface area contributed by atoms with Crippen LogP contribution in [0.2, 0.25) is 0 Å². The van der Waals surface area contributed by atoms with Gasteiger partial charge in [-0.15, -0.1) is 0 Å². The molecule has 2 fully saturated rings. The number of phenolic OH excluding ortho intramolecular Hbond substituents is 1. The van der Waals surface area contributed by atoms with E-state index >= 15 is 0 Å². The number of nitrogens with zero attached hydrogens (tertiary/aromatic N) is 1. The average Bonchev–Trinajstić information content (AvgIpc) is 2.82. The normalized spacial score (nSPS) is 34.7. The van der Waals surface area contributed by atoms with Crippen LogP contribution in [0.3, 0.4) is 0 Å². The van der Waals surface area contributed by atoms with Gasteiger partial charge in [0.1, 0.15) is 5.75 Å². The number of hydrogen-bond acceptors (Lipinski definition) is 10. The van der Waals surface area contributed by atoms with Crippen molar-refractivity contribution in [3.63, 3.8) is 0 Å². The lowest BCUT2D eigenvalue weighted by Crippen LogP contribution is -2.77. The number of hydrogen-bond donors (Lipinski definition) is 5. The lowest BCUT2D eigenvalue weighted by molar-refractivity contribution is -0.196. The largest absolute Gasteiger partial charge is 0.507 e. The SMILES string of the molecule is C[C@H]1c2ccc(/C=C/CC(=O)O)c(O)c2C(=O)C2C(=O)[C@]3(O)C(=O)C(C(N)=O)C(=O)[C@@H](N(C)C)[C@@H]3[C@@H](O)[C@@H]21. The molecule has 0 heterocycles. The number of carboxylic acids is 1. The minimum atomic E-state index is -3.06. The molecular formula is C26H28N2O10. The van der Waals surface area contributed by atoms with Gasteiger partial charge in [0.15, 0.2) is 34.7 Å². The highest BCUT2D eigenvalue weighted by atomic mass is 16.4. The van der Waals surface area contributed by atoms with Crippen molar-refractivity contribution in [2.75, 3.05) is 14.1 Å². The van der Waals surface area contributed by atoms with Crippen LogP contribution in [0, 0.1) is 23.7 Å². The van der Waals surface area contributed by atoms with E-state index in [0.29, 0.717) is 5.56 Å². The second-order valence-corrected chi connectivity index (χ2v) is 10.3. The number of carbonyl (C=O) groups is 6. The van der Waals surface area contributed by atoms with Crippen LogP contribution in [0.4, 0.5) is 0 Å². The van der Waals surface area contributed by atoms with Crippen LogP contribution in [0.1, 0.15) is 40.7 Å². The van der Waals surface area contributed by atoms with E-state index in [0.717, 1.165) is 0 Å². The fraction of sp³-hybridized carbons (Fsp3) is 0.462. The molecule has 0 bridgehead atoms. The molecule has 1 aromatic rings. The van der Waals surface area contributed by atoms with Crippen LogP contribution < -0.4 is 5.73 Å². The third-order valence-electron chi connectivity index (χ3n) is 8.11. The standard InChI is InChI=1S/C26H28N2O10/c1-9-11-8-7-10(5-4-6-12(29)30)19(31)14(11)20(32)15-13(9)21(33)17-18(28(2)3)22(34)16(25(27)37)24(36)26(17,38)23(15)35/h4-5,7-9,13,15-18,21,31,33,38H,6H2,1-3H3,(H2,27,37)(H,29,30)/b5-4+/t9-,13+,15?,16?,17+,18-,21-,26-/m0/s1. The Morgan fingerprint density at radius 3 is 2.32 bits per heavy atom. The van der Waals surface area contributed by atoms with E-state index < -0.39 is 88.1 Å². The number of fused-ring (bicyclic) bond motifs is 3. The summed E-state index contributed by atoms with van der Waals surface area (Å²) in [4.78, 5) is 78.2. The quantitative estimate of drug-likeness (QED) is 0.289. The second-order valence-electron chi connectivity index (χ2n) is 10.3. The van der Waals surface area contributed by atoms with Gasteiger partial charge in [0.05, 0.1) is 36.0 Å². The maximum absolute atomic E-state index is 13.9. The number of aliphatic hydroxyl groups is 2. The summed E-state index contributed by atoms with van der Waals surface area (Å²) in [7, 11) is 2.84. The minimum Gasteiger partial charge on any atom is -0.507 e. The highest BCUT2D eigenvalue weighted by Crippen LogP contribution is 2.54. The van der Waals surface area contributed by atoms with E-state index in [1.54, 1.807) is 6.92 Å². The number of carbonyl (C=O) groups excluding carboxylic acids is 5. The molecule has 2 saturated carbocycles. The second kappa shape index (κ2) is 9.22. The highest BCUT2D eigenvalue weighted by molar-refractivity contribution is 6.32. The molecule has 0 saturated heterocycles. The number of amides is 1. The summed E-state index contributed by atoms with van der Waals surface area (Å²) in [6.45, 7) is 1.60. The Morgan fingerprint density at radius 1 is 1.13 bits per heavy atom. The lowest BCUT2D eigenvalue weighted by atomic mass is 9.49. The van der Waals surface area contributed by atoms with Gasteiger partial charge in [-0.3, -0.25) is 33.7 Å². The molecule has 0 spiro atoms.